The van der Waals surface area contributed by atoms with Crippen molar-refractivity contribution in [3.63, 3.8) is 0 Å². The highest BCUT2D eigenvalue weighted by Crippen LogP contribution is 2.25. The molecule has 1 saturated heterocycles. The van der Waals surface area contributed by atoms with Crippen LogP contribution in [0.4, 0.5) is 0 Å². The number of aryl methyl sites for hydroxylation is 2. The van der Waals surface area contributed by atoms with E-state index in [-0.39, 0.29) is 17.7 Å². The van der Waals surface area contributed by atoms with Gasteiger partial charge in [-0.1, -0.05) is 11.6 Å². The first-order valence-electron chi connectivity index (χ1n) is 7.74. The Labute approximate surface area is 135 Å². The number of carbonyl (C=O) groups excluding carboxylic acids is 2. The molecule has 2 N–H and O–H groups in total. The Morgan fingerprint density at radius 2 is 2.09 bits per heavy atom. The first kappa shape index (κ1) is 16.8. The summed E-state index contributed by atoms with van der Waals surface area (Å²) in [6.07, 6.45) is 3.00. The van der Waals surface area contributed by atoms with Gasteiger partial charge in [-0.25, -0.2) is 0 Å². The molecule has 0 bridgehead atoms. The maximum absolute atomic E-state index is 12.7. The van der Waals surface area contributed by atoms with E-state index in [1.807, 2.05) is 11.8 Å². The maximum atomic E-state index is 12.7. The number of rotatable bonds is 4. The van der Waals surface area contributed by atoms with Gasteiger partial charge < -0.3 is 10.6 Å². The normalized spacial score (nSPS) is 19.0. The lowest BCUT2D eigenvalue weighted by molar-refractivity contribution is -0.119. The van der Waals surface area contributed by atoms with Gasteiger partial charge in [-0.3, -0.25) is 14.3 Å². The van der Waals surface area contributed by atoms with Crippen LogP contribution in [0.25, 0.3) is 0 Å². The molecular formula is C15H23ClN4O2. The van der Waals surface area contributed by atoms with Crippen molar-refractivity contribution < 1.29 is 9.59 Å². The zero-order chi connectivity index (χ0) is 16.3. The van der Waals surface area contributed by atoms with Crippen LogP contribution in [0.15, 0.2) is 0 Å². The summed E-state index contributed by atoms with van der Waals surface area (Å²) < 4.78 is 1.64. The fourth-order valence-electron chi connectivity index (χ4n) is 3.02. The molecule has 1 aromatic heterocycles. The van der Waals surface area contributed by atoms with Crippen molar-refractivity contribution in [2.75, 3.05) is 13.1 Å². The lowest BCUT2D eigenvalue weighted by Crippen LogP contribution is -2.32. The molecule has 1 atom stereocenters. The van der Waals surface area contributed by atoms with Gasteiger partial charge in [0.25, 0.3) is 5.91 Å². The summed E-state index contributed by atoms with van der Waals surface area (Å²) in [4.78, 5) is 25.6. The summed E-state index contributed by atoms with van der Waals surface area (Å²) in [6, 6.07) is 0. The molecule has 1 aliphatic rings. The van der Waals surface area contributed by atoms with E-state index in [0.29, 0.717) is 42.5 Å². The maximum Gasteiger partial charge on any atom is 0.258 e. The second-order valence-electron chi connectivity index (χ2n) is 5.83. The van der Waals surface area contributed by atoms with Crippen LogP contribution in [-0.2, 0) is 11.3 Å². The fraction of sp³-hybridized carbons (Fsp3) is 0.667. The van der Waals surface area contributed by atoms with Crippen LogP contribution in [0.3, 0.4) is 0 Å². The van der Waals surface area contributed by atoms with Crippen LogP contribution >= 0.6 is 11.6 Å². The molecule has 0 radical (unpaired) electrons. The zero-order valence-electron chi connectivity index (χ0n) is 13.1. The van der Waals surface area contributed by atoms with Gasteiger partial charge in [-0.15, -0.1) is 0 Å². The molecule has 7 heteroatoms. The molecule has 2 rings (SSSR count). The molecule has 1 aromatic rings. The Kier molecular flexibility index (Phi) is 5.45. The molecule has 0 saturated carbocycles. The van der Waals surface area contributed by atoms with E-state index in [1.54, 1.807) is 11.6 Å². The van der Waals surface area contributed by atoms with Gasteiger partial charge in [0.15, 0.2) is 0 Å². The van der Waals surface area contributed by atoms with Crippen LogP contribution in [0.5, 0.6) is 0 Å². The second kappa shape index (κ2) is 7.13. The number of nitrogens with zero attached hydrogens (tertiary/aromatic N) is 3. The first-order chi connectivity index (χ1) is 10.4. The highest BCUT2D eigenvalue weighted by molar-refractivity contribution is 6.33. The van der Waals surface area contributed by atoms with Gasteiger partial charge >= 0.3 is 0 Å². The molecule has 6 nitrogen and oxygen atoms in total. The highest BCUT2D eigenvalue weighted by atomic mass is 35.5. The topological polar surface area (TPSA) is 81.2 Å². The van der Waals surface area contributed by atoms with E-state index in [4.69, 9.17) is 17.3 Å². The number of nitrogens with two attached hydrogens (primary N) is 1. The minimum absolute atomic E-state index is 0.0677. The highest BCUT2D eigenvalue weighted by Gasteiger charge is 2.27. The predicted octanol–water partition coefficient (Wildman–Crippen LogP) is 1.98. The van der Waals surface area contributed by atoms with Crippen LogP contribution in [0.2, 0.25) is 5.15 Å². The Bertz CT molecular complexity index is 570. The quantitative estimate of drug-likeness (QED) is 0.918. The van der Waals surface area contributed by atoms with E-state index in [1.165, 1.54) is 0 Å². The number of likely N-dealkylation sites (tertiary alicyclic amines) is 1. The number of amides is 2. The first-order valence-corrected chi connectivity index (χ1v) is 8.12. The molecule has 122 valence electrons. The molecule has 0 spiro atoms. The van der Waals surface area contributed by atoms with Crippen molar-refractivity contribution >= 4 is 23.4 Å². The molecule has 22 heavy (non-hydrogen) atoms. The number of primary amides is 1. The van der Waals surface area contributed by atoms with E-state index in [0.717, 1.165) is 19.3 Å². The monoisotopic (exact) mass is 326 g/mol. The lowest BCUT2D eigenvalue weighted by atomic mass is 9.97. The third-order valence-electron chi connectivity index (χ3n) is 4.20. The second-order valence-corrected chi connectivity index (χ2v) is 6.18. The minimum Gasteiger partial charge on any atom is -0.370 e. The average molecular weight is 327 g/mol. The smallest absolute Gasteiger partial charge is 0.258 e. The summed E-state index contributed by atoms with van der Waals surface area (Å²) in [7, 11) is 0. The van der Waals surface area contributed by atoms with E-state index >= 15 is 0 Å². The Morgan fingerprint density at radius 1 is 1.36 bits per heavy atom. The number of carbonyl (C=O) groups is 2. The van der Waals surface area contributed by atoms with Crippen LogP contribution < -0.4 is 5.73 Å². The molecule has 0 aromatic carbocycles. The van der Waals surface area contributed by atoms with Crippen molar-refractivity contribution in [3.8, 4) is 0 Å². The van der Waals surface area contributed by atoms with Gasteiger partial charge in [-0.05, 0) is 39.0 Å². The zero-order valence-corrected chi connectivity index (χ0v) is 13.9. The molecule has 1 fully saturated rings. The van der Waals surface area contributed by atoms with Gasteiger partial charge in [0, 0.05) is 26.1 Å². The van der Waals surface area contributed by atoms with Gasteiger partial charge in [0.2, 0.25) is 5.91 Å². The summed E-state index contributed by atoms with van der Waals surface area (Å²) in [5, 5.41) is 4.70. The number of aromatic nitrogens is 2. The van der Waals surface area contributed by atoms with Crippen molar-refractivity contribution in [3.05, 3.63) is 16.4 Å². The van der Waals surface area contributed by atoms with E-state index in [9.17, 15) is 9.59 Å². The molecule has 2 amide bonds. The molecule has 1 aliphatic heterocycles. The molecule has 2 heterocycles. The Morgan fingerprint density at radius 3 is 2.68 bits per heavy atom. The van der Waals surface area contributed by atoms with Gasteiger partial charge in [0.05, 0.1) is 11.3 Å². The summed E-state index contributed by atoms with van der Waals surface area (Å²) in [5.74, 6) is -0.0694. The summed E-state index contributed by atoms with van der Waals surface area (Å²) in [6.45, 7) is 5.69. The number of halogens is 1. The van der Waals surface area contributed by atoms with E-state index < -0.39 is 0 Å². The molecular weight excluding hydrogens is 304 g/mol. The minimum atomic E-state index is -0.270. The van der Waals surface area contributed by atoms with E-state index in [2.05, 4.69) is 5.10 Å². The van der Waals surface area contributed by atoms with Crippen LogP contribution in [0.1, 0.15) is 48.7 Å². The van der Waals surface area contributed by atoms with Crippen molar-refractivity contribution in [1.82, 2.24) is 14.7 Å². The molecule has 0 aliphatic carbocycles. The van der Waals surface area contributed by atoms with Crippen LogP contribution in [-0.4, -0.2) is 39.6 Å². The van der Waals surface area contributed by atoms with Gasteiger partial charge in [-0.2, -0.15) is 5.10 Å². The third kappa shape index (κ3) is 3.61. The standard InChI is InChI=1S/C15H23ClN4O2/c1-3-20-14(16)13(10(2)18-20)15(22)19-7-4-5-11(6-8-19)9-12(17)21/h11H,3-9H2,1-2H3,(H2,17,21)/t11-/m1/s1. The summed E-state index contributed by atoms with van der Waals surface area (Å²) >= 11 is 6.27. The average Bonchev–Trinajstić information content (AvgIpc) is 2.63. The van der Waals surface area contributed by atoms with Crippen molar-refractivity contribution in [2.24, 2.45) is 11.7 Å². The van der Waals surface area contributed by atoms with Crippen LogP contribution in [0, 0.1) is 12.8 Å². The Hall–Kier alpha value is -1.56. The SMILES string of the molecule is CCn1nc(C)c(C(=O)N2CCC[C@@H](CC(N)=O)CC2)c1Cl. The van der Waals surface area contributed by atoms with Gasteiger partial charge in [0.1, 0.15) is 5.15 Å². The molecule has 0 unspecified atom stereocenters. The Balaban J connectivity index is 2.10. The lowest BCUT2D eigenvalue weighted by Gasteiger charge is -2.20. The number of hydrogen-bond acceptors (Lipinski definition) is 3. The summed E-state index contributed by atoms with van der Waals surface area (Å²) in [5.41, 5.74) is 6.43. The van der Waals surface area contributed by atoms with Crippen molar-refractivity contribution in [2.45, 2.75) is 46.1 Å². The fourth-order valence-corrected chi connectivity index (χ4v) is 3.40. The largest absolute Gasteiger partial charge is 0.370 e. The number of hydrogen-bond donors (Lipinski definition) is 1. The van der Waals surface area contributed by atoms with Crippen molar-refractivity contribution in [1.29, 1.82) is 0 Å². The third-order valence-corrected chi connectivity index (χ3v) is 4.59. The predicted molar refractivity (Wildman–Crippen MR) is 84.7 cm³/mol.